The van der Waals surface area contributed by atoms with E-state index in [4.69, 9.17) is 9.47 Å². The number of nitrogens with one attached hydrogen (secondary N) is 1. The number of ether oxygens (including phenoxy) is 2. The predicted molar refractivity (Wildman–Crippen MR) is 41.6 cm³/mol. The SMILES string of the molecule is C(COC1COC1)NC1CC1. The van der Waals surface area contributed by atoms with E-state index in [1.54, 1.807) is 0 Å². The molecule has 64 valence electrons. The molecule has 0 unspecified atom stereocenters. The van der Waals surface area contributed by atoms with Crippen LogP contribution in [-0.2, 0) is 9.47 Å². The lowest BCUT2D eigenvalue weighted by Gasteiger charge is -2.25. The van der Waals surface area contributed by atoms with Crippen LogP contribution < -0.4 is 5.32 Å². The Morgan fingerprint density at radius 2 is 2.18 bits per heavy atom. The normalized spacial score (nSPS) is 25.1. The Kier molecular flexibility index (Phi) is 2.41. The molecule has 2 rings (SSSR count). The molecule has 3 heteroatoms. The Hall–Kier alpha value is -0.120. The molecule has 1 aliphatic heterocycles. The Balaban J connectivity index is 1.40. The lowest BCUT2D eigenvalue weighted by molar-refractivity contribution is -0.128. The highest BCUT2D eigenvalue weighted by molar-refractivity contribution is 4.80. The van der Waals surface area contributed by atoms with Crippen molar-refractivity contribution >= 4 is 0 Å². The maximum atomic E-state index is 5.47. The molecule has 1 heterocycles. The number of rotatable bonds is 5. The molecule has 1 N–H and O–H groups in total. The van der Waals surface area contributed by atoms with E-state index in [1.807, 2.05) is 0 Å². The molecular weight excluding hydrogens is 142 g/mol. The van der Waals surface area contributed by atoms with Crippen LogP contribution in [0.15, 0.2) is 0 Å². The molecule has 2 fully saturated rings. The maximum Gasteiger partial charge on any atom is 0.104 e. The molecule has 0 spiro atoms. The van der Waals surface area contributed by atoms with Crippen LogP contribution in [0.4, 0.5) is 0 Å². The van der Waals surface area contributed by atoms with E-state index in [2.05, 4.69) is 5.32 Å². The minimum Gasteiger partial charge on any atom is -0.376 e. The van der Waals surface area contributed by atoms with Crippen molar-refractivity contribution < 1.29 is 9.47 Å². The summed E-state index contributed by atoms with van der Waals surface area (Å²) in [4.78, 5) is 0. The molecule has 0 bridgehead atoms. The van der Waals surface area contributed by atoms with Crippen molar-refractivity contribution in [3.63, 3.8) is 0 Å². The fourth-order valence-electron chi connectivity index (χ4n) is 1.09. The summed E-state index contributed by atoms with van der Waals surface area (Å²) in [5, 5.41) is 3.39. The average Bonchev–Trinajstić information content (AvgIpc) is 2.66. The molecule has 0 atom stereocenters. The van der Waals surface area contributed by atoms with Gasteiger partial charge >= 0.3 is 0 Å². The summed E-state index contributed by atoms with van der Waals surface area (Å²) < 4.78 is 10.4. The standard InChI is InChI=1S/C8H15NO2/c1-2-7(1)9-3-4-11-8-5-10-6-8/h7-9H,1-6H2. The van der Waals surface area contributed by atoms with Gasteiger partial charge < -0.3 is 14.8 Å². The zero-order valence-corrected chi connectivity index (χ0v) is 6.71. The summed E-state index contributed by atoms with van der Waals surface area (Å²) in [6.45, 7) is 3.43. The van der Waals surface area contributed by atoms with Gasteiger partial charge in [0.2, 0.25) is 0 Å². The van der Waals surface area contributed by atoms with E-state index in [-0.39, 0.29) is 0 Å². The van der Waals surface area contributed by atoms with Crippen molar-refractivity contribution in [1.29, 1.82) is 0 Å². The van der Waals surface area contributed by atoms with Crippen LogP contribution in [0.3, 0.4) is 0 Å². The Morgan fingerprint density at radius 1 is 1.36 bits per heavy atom. The van der Waals surface area contributed by atoms with E-state index in [0.29, 0.717) is 6.10 Å². The zero-order valence-electron chi connectivity index (χ0n) is 6.71. The minimum atomic E-state index is 0.385. The van der Waals surface area contributed by atoms with E-state index < -0.39 is 0 Å². The molecule has 0 aromatic rings. The molecular formula is C8H15NO2. The van der Waals surface area contributed by atoms with Gasteiger partial charge in [-0.05, 0) is 12.8 Å². The van der Waals surface area contributed by atoms with Crippen molar-refractivity contribution in [2.24, 2.45) is 0 Å². The fourth-order valence-corrected chi connectivity index (χ4v) is 1.09. The largest absolute Gasteiger partial charge is 0.376 e. The third kappa shape index (κ3) is 2.43. The molecule has 11 heavy (non-hydrogen) atoms. The quantitative estimate of drug-likeness (QED) is 0.576. The van der Waals surface area contributed by atoms with Crippen LogP contribution in [0, 0.1) is 0 Å². The van der Waals surface area contributed by atoms with Gasteiger partial charge in [-0.15, -0.1) is 0 Å². The summed E-state index contributed by atoms with van der Waals surface area (Å²) in [6, 6.07) is 0.802. The Bertz CT molecular complexity index is 121. The zero-order chi connectivity index (χ0) is 7.52. The summed E-state index contributed by atoms with van der Waals surface area (Å²) >= 11 is 0. The second kappa shape index (κ2) is 3.52. The van der Waals surface area contributed by atoms with E-state index >= 15 is 0 Å². The van der Waals surface area contributed by atoms with Crippen LogP contribution in [0.1, 0.15) is 12.8 Å². The first-order valence-corrected chi connectivity index (χ1v) is 4.38. The minimum absolute atomic E-state index is 0.385. The summed E-state index contributed by atoms with van der Waals surface area (Å²) in [6.07, 6.45) is 3.09. The second-order valence-corrected chi connectivity index (χ2v) is 3.26. The highest BCUT2D eigenvalue weighted by Gasteiger charge is 2.21. The van der Waals surface area contributed by atoms with Crippen LogP contribution in [0.2, 0.25) is 0 Å². The van der Waals surface area contributed by atoms with Crippen molar-refractivity contribution in [3.05, 3.63) is 0 Å². The first-order valence-electron chi connectivity index (χ1n) is 4.38. The third-order valence-corrected chi connectivity index (χ3v) is 2.07. The van der Waals surface area contributed by atoms with Gasteiger partial charge in [-0.25, -0.2) is 0 Å². The van der Waals surface area contributed by atoms with Gasteiger partial charge in [0, 0.05) is 12.6 Å². The van der Waals surface area contributed by atoms with Crippen LogP contribution in [0.5, 0.6) is 0 Å². The lowest BCUT2D eigenvalue weighted by atomic mass is 10.3. The van der Waals surface area contributed by atoms with Gasteiger partial charge in [0.1, 0.15) is 6.10 Å². The Morgan fingerprint density at radius 3 is 2.73 bits per heavy atom. The fraction of sp³-hybridized carbons (Fsp3) is 1.00. The van der Waals surface area contributed by atoms with E-state index in [9.17, 15) is 0 Å². The summed E-state index contributed by atoms with van der Waals surface area (Å²) in [7, 11) is 0. The molecule has 2 aliphatic rings. The number of hydrogen-bond acceptors (Lipinski definition) is 3. The van der Waals surface area contributed by atoms with Gasteiger partial charge in [0.15, 0.2) is 0 Å². The average molecular weight is 157 g/mol. The van der Waals surface area contributed by atoms with Gasteiger partial charge in [-0.3, -0.25) is 0 Å². The predicted octanol–water partition coefficient (Wildman–Crippen LogP) is 0.154. The van der Waals surface area contributed by atoms with Crippen molar-refractivity contribution in [2.45, 2.75) is 25.0 Å². The topological polar surface area (TPSA) is 30.5 Å². The third-order valence-electron chi connectivity index (χ3n) is 2.07. The van der Waals surface area contributed by atoms with Gasteiger partial charge in [0.05, 0.1) is 19.8 Å². The molecule has 0 radical (unpaired) electrons. The molecule has 0 aromatic heterocycles. The lowest BCUT2D eigenvalue weighted by Crippen LogP contribution is -2.37. The first-order chi connectivity index (χ1) is 5.45. The number of hydrogen-bond donors (Lipinski definition) is 1. The van der Waals surface area contributed by atoms with Gasteiger partial charge in [-0.2, -0.15) is 0 Å². The maximum absolute atomic E-state index is 5.47. The highest BCUT2D eigenvalue weighted by Crippen LogP contribution is 2.18. The summed E-state index contributed by atoms with van der Waals surface area (Å²) in [5.74, 6) is 0. The van der Waals surface area contributed by atoms with Crippen LogP contribution in [-0.4, -0.2) is 38.5 Å². The summed E-state index contributed by atoms with van der Waals surface area (Å²) in [5.41, 5.74) is 0. The molecule has 0 amide bonds. The van der Waals surface area contributed by atoms with E-state index in [0.717, 1.165) is 32.4 Å². The smallest absolute Gasteiger partial charge is 0.104 e. The van der Waals surface area contributed by atoms with Crippen LogP contribution in [0.25, 0.3) is 0 Å². The van der Waals surface area contributed by atoms with Gasteiger partial charge in [-0.1, -0.05) is 0 Å². The molecule has 1 aliphatic carbocycles. The van der Waals surface area contributed by atoms with Crippen molar-refractivity contribution in [3.8, 4) is 0 Å². The molecule has 1 saturated carbocycles. The second-order valence-electron chi connectivity index (χ2n) is 3.26. The van der Waals surface area contributed by atoms with Crippen molar-refractivity contribution in [1.82, 2.24) is 5.32 Å². The molecule has 3 nitrogen and oxygen atoms in total. The van der Waals surface area contributed by atoms with Crippen molar-refractivity contribution in [2.75, 3.05) is 26.4 Å². The van der Waals surface area contributed by atoms with Crippen LogP contribution >= 0.6 is 0 Å². The van der Waals surface area contributed by atoms with Gasteiger partial charge in [0.25, 0.3) is 0 Å². The highest BCUT2D eigenvalue weighted by atomic mass is 16.6. The molecule has 0 aromatic carbocycles. The monoisotopic (exact) mass is 157 g/mol. The Labute approximate surface area is 67.1 Å². The molecule has 1 saturated heterocycles. The van der Waals surface area contributed by atoms with E-state index in [1.165, 1.54) is 12.8 Å². The first kappa shape index (κ1) is 7.53.